The Kier molecular flexibility index (Phi) is 4.54. The lowest BCUT2D eigenvalue weighted by Crippen LogP contribution is -2.30. The fraction of sp³-hybridized carbons (Fsp3) is 0.562. The van der Waals surface area contributed by atoms with Gasteiger partial charge in [-0.05, 0) is 56.8 Å². The second-order valence-electron chi connectivity index (χ2n) is 5.55. The van der Waals surface area contributed by atoms with E-state index < -0.39 is 0 Å². The number of ketones is 1. The summed E-state index contributed by atoms with van der Waals surface area (Å²) in [6, 6.07) is 8.81. The zero-order chi connectivity index (χ0) is 13.0. The van der Waals surface area contributed by atoms with Gasteiger partial charge < -0.3 is 9.69 Å². The van der Waals surface area contributed by atoms with Crippen LogP contribution >= 0.6 is 0 Å². The Morgan fingerprint density at radius 2 is 2.28 bits per heavy atom. The summed E-state index contributed by atoms with van der Waals surface area (Å²) in [6.45, 7) is 4.05. The van der Waals surface area contributed by atoms with Crippen LogP contribution in [0.4, 0.5) is 0 Å². The lowest BCUT2D eigenvalue weighted by atomic mass is 9.89. The summed E-state index contributed by atoms with van der Waals surface area (Å²) >= 11 is 0. The number of hydrogen-bond donors (Lipinski definition) is 0. The van der Waals surface area contributed by atoms with Crippen molar-refractivity contribution in [3.05, 3.63) is 35.4 Å². The van der Waals surface area contributed by atoms with Crippen LogP contribution < -0.4 is 0 Å². The van der Waals surface area contributed by atoms with E-state index in [1.54, 1.807) is 6.92 Å². The minimum Gasteiger partial charge on any atom is -0.306 e. The predicted molar refractivity (Wildman–Crippen MR) is 74.9 cm³/mol. The summed E-state index contributed by atoms with van der Waals surface area (Å²) < 4.78 is 0. The fourth-order valence-corrected chi connectivity index (χ4v) is 2.76. The molecular weight excluding hydrogens is 222 g/mol. The number of likely N-dealkylation sites (tertiary alicyclic amines) is 1. The third kappa shape index (κ3) is 3.67. The molecule has 18 heavy (non-hydrogen) atoms. The molecule has 0 bridgehead atoms. The molecule has 1 heterocycles. The van der Waals surface area contributed by atoms with Gasteiger partial charge >= 0.3 is 0 Å². The van der Waals surface area contributed by atoms with E-state index in [0.717, 1.165) is 13.0 Å². The molecule has 0 amide bonds. The first-order valence-electron chi connectivity index (χ1n) is 6.92. The molecule has 0 aliphatic carbocycles. The van der Waals surface area contributed by atoms with Crippen molar-refractivity contribution in [1.82, 2.24) is 4.90 Å². The highest BCUT2D eigenvalue weighted by molar-refractivity contribution is 5.75. The molecule has 1 saturated heterocycles. The SMILES string of the molecule is CC(=O)CCc1cccc(C2CCCN(C)C2)c1. The van der Waals surface area contributed by atoms with Gasteiger partial charge in [0.25, 0.3) is 0 Å². The zero-order valence-corrected chi connectivity index (χ0v) is 11.5. The van der Waals surface area contributed by atoms with Crippen molar-refractivity contribution >= 4 is 5.78 Å². The van der Waals surface area contributed by atoms with Gasteiger partial charge in [-0.3, -0.25) is 0 Å². The van der Waals surface area contributed by atoms with E-state index in [-0.39, 0.29) is 5.78 Å². The standard InChI is InChI=1S/C16H23NO/c1-13(18)8-9-14-5-3-6-15(11-14)16-7-4-10-17(2)12-16/h3,5-6,11,16H,4,7-10,12H2,1-2H3. The summed E-state index contributed by atoms with van der Waals surface area (Å²) in [5.74, 6) is 0.943. The Morgan fingerprint density at radius 1 is 1.44 bits per heavy atom. The van der Waals surface area contributed by atoms with Gasteiger partial charge in [-0.2, -0.15) is 0 Å². The van der Waals surface area contributed by atoms with Gasteiger partial charge in [0, 0.05) is 13.0 Å². The summed E-state index contributed by atoms with van der Waals surface area (Å²) in [5, 5.41) is 0. The lowest BCUT2D eigenvalue weighted by molar-refractivity contribution is -0.116. The fourth-order valence-electron chi connectivity index (χ4n) is 2.76. The van der Waals surface area contributed by atoms with Crippen molar-refractivity contribution in [2.75, 3.05) is 20.1 Å². The molecule has 1 atom stereocenters. The molecule has 2 rings (SSSR count). The quantitative estimate of drug-likeness (QED) is 0.812. The summed E-state index contributed by atoms with van der Waals surface area (Å²) in [7, 11) is 2.20. The third-order valence-electron chi connectivity index (χ3n) is 3.81. The highest BCUT2D eigenvalue weighted by Gasteiger charge is 2.18. The Bertz CT molecular complexity index is 413. The number of carbonyl (C=O) groups is 1. The average molecular weight is 245 g/mol. The first-order chi connectivity index (χ1) is 8.65. The second-order valence-corrected chi connectivity index (χ2v) is 5.55. The van der Waals surface area contributed by atoms with Gasteiger partial charge in [0.15, 0.2) is 0 Å². The molecule has 98 valence electrons. The molecular formula is C16H23NO. The van der Waals surface area contributed by atoms with Gasteiger partial charge in [-0.15, -0.1) is 0 Å². The van der Waals surface area contributed by atoms with Crippen LogP contribution in [0.3, 0.4) is 0 Å². The van der Waals surface area contributed by atoms with E-state index in [2.05, 4.69) is 36.2 Å². The van der Waals surface area contributed by atoms with E-state index in [4.69, 9.17) is 0 Å². The number of likely N-dealkylation sites (N-methyl/N-ethyl adjacent to an activating group) is 1. The van der Waals surface area contributed by atoms with E-state index in [1.165, 1.54) is 30.5 Å². The third-order valence-corrected chi connectivity index (χ3v) is 3.81. The van der Waals surface area contributed by atoms with E-state index in [9.17, 15) is 4.79 Å². The molecule has 1 aromatic carbocycles. The topological polar surface area (TPSA) is 20.3 Å². The van der Waals surface area contributed by atoms with Crippen LogP contribution in [0, 0.1) is 0 Å². The molecule has 2 nitrogen and oxygen atoms in total. The number of rotatable bonds is 4. The number of carbonyl (C=O) groups excluding carboxylic acids is 1. The van der Waals surface area contributed by atoms with Crippen molar-refractivity contribution in [3.63, 3.8) is 0 Å². The molecule has 1 aromatic rings. The Labute approximate surface area is 110 Å². The molecule has 1 aliphatic heterocycles. The summed E-state index contributed by atoms with van der Waals surface area (Å²) in [5.41, 5.74) is 2.75. The van der Waals surface area contributed by atoms with E-state index >= 15 is 0 Å². The largest absolute Gasteiger partial charge is 0.306 e. The number of piperidine rings is 1. The van der Waals surface area contributed by atoms with Crippen LogP contribution in [0.25, 0.3) is 0 Å². The number of hydrogen-bond acceptors (Lipinski definition) is 2. The van der Waals surface area contributed by atoms with Crippen LogP contribution in [0.15, 0.2) is 24.3 Å². The van der Waals surface area contributed by atoms with Crippen molar-refractivity contribution in [2.24, 2.45) is 0 Å². The van der Waals surface area contributed by atoms with Gasteiger partial charge in [-0.25, -0.2) is 0 Å². The van der Waals surface area contributed by atoms with Gasteiger partial charge in [0.05, 0.1) is 0 Å². The molecule has 1 fully saturated rings. The predicted octanol–water partition coefficient (Wildman–Crippen LogP) is 3.02. The monoisotopic (exact) mass is 245 g/mol. The molecule has 0 aromatic heterocycles. The Hall–Kier alpha value is -1.15. The minimum atomic E-state index is 0.276. The lowest BCUT2D eigenvalue weighted by Gasteiger charge is -2.30. The normalized spacial score (nSPS) is 20.9. The van der Waals surface area contributed by atoms with Crippen molar-refractivity contribution in [3.8, 4) is 0 Å². The average Bonchev–Trinajstić information content (AvgIpc) is 2.37. The first-order valence-corrected chi connectivity index (χ1v) is 6.92. The highest BCUT2D eigenvalue weighted by atomic mass is 16.1. The smallest absolute Gasteiger partial charge is 0.130 e. The number of benzene rings is 1. The zero-order valence-electron chi connectivity index (χ0n) is 11.5. The Balaban J connectivity index is 2.04. The van der Waals surface area contributed by atoms with Gasteiger partial charge in [0.2, 0.25) is 0 Å². The molecule has 0 radical (unpaired) electrons. The molecule has 2 heteroatoms. The van der Waals surface area contributed by atoms with Crippen LogP contribution in [0.5, 0.6) is 0 Å². The number of aryl methyl sites for hydroxylation is 1. The first kappa shape index (κ1) is 13.3. The van der Waals surface area contributed by atoms with Crippen LogP contribution in [-0.4, -0.2) is 30.8 Å². The molecule has 1 unspecified atom stereocenters. The highest BCUT2D eigenvalue weighted by Crippen LogP contribution is 2.26. The van der Waals surface area contributed by atoms with Crippen LogP contribution in [0.2, 0.25) is 0 Å². The van der Waals surface area contributed by atoms with Crippen molar-refractivity contribution in [2.45, 2.75) is 38.5 Å². The van der Waals surface area contributed by atoms with E-state index in [1.807, 2.05) is 0 Å². The van der Waals surface area contributed by atoms with Crippen LogP contribution in [-0.2, 0) is 11.2 Å². The van der Waals surface area contributed by atoms with E-state index in [0.29, 0.717) is 12.3 Å². The molecule has 0 saturated carbocycles. The molecule has 0 N–H and O–H groups in total. The summed E-state index contributed by atoms with van der Waals surface area (Å²) in [6.07, 6.45) is 4.12. The summed E-state index contributed by atoms with van der Waals surface area (Å²) in [4.78, 5) is 13.5. The second kappa shape index (κ2) is 6.14. The maximum Gasteiger partial charge on any atom is 0.130 e. The Morgan fingerprint density at radius 3 is 3.00 bits per heavy atom. The van der Waals surface area contributed by atoms with Gasteiger partial charge in [0.1, 0.15) is 5.78 Å². The number of nitrogens with zero attached hydrogens (tertiary/aromatic N) is 1. The molecule has 0 spiro atoms. The minimum absolute atomic E-state index is 0.276. The van der Waals surface area contributed by atoms with Crippen molar-refractivity contribution in [1.29, 1.82) is 0 Å². The van der Waals surface area contributed by atoms with Crippen LogP contribution in [0.1, 0.15) is 43.2 Å². The molecule has 1 aliphatic rings. The maximum absolute atomic E-state index is 11.0. The van der Waals surface area contributed by atoms with Crippen molar-refractivity contribution < 1.29 is 4.79 Å². The maximum atomic E-state index is 11.0. The van der Waals surface area contributed by atoms with Gasteiger partial charge in [-0.1, -0.05) is 24.3 Å². The number of Topliss-reactive ketones (excluding diaryl/α,β-unsaturated/α-hetero) is 1.